The van der Waals surface area contributed by atoms with E-state index in [2.05, 4.69) is 20.8 Å². The van der Waals surface area contributed by atoms with Crippen molar-refractivity contribution in [1.82, 2.24) is 0 Å². The minimum Gasteiger partial charge on any atom is -0.508 e. The molecule has 5 heteroatoms. The molecule has 194 valence electrons. The van der Waals surface area contributed by atoms with E-state index in [4.69, 9.17) is 10.8 Å². The molecule has 5 nitrogen and oxygen atoms in total. The van der Waals surface area contributed by atoms with Gasteiger partial charge in [-0.25, -0.2) is 0 Å². The summed E-state index contributed by atoms with van der Waals surface area (Å²) >= 11 is 0. The van der Waals surface area contributed by atoms with Gasteiger partial charge in [-0.2, -0.15) is 0 Å². The number of unbranched alkanes of at least 4 members (excludes halogenated alkanes) is 11. The van der Waals surface area contributed by atoms with Gasteiger partial charge in [0.05, 0.1) is 24.9 Å². The number of phenols is 1. The molecule has 0 heterocycles. The summed E-state index contributed by atoms with van der Waals surface area (Å²) < 4.78 is 0. The molecule has 1 aromatic rings. The average Bonchev–Trinajstić information content (AvgIpc) is 2.78. The fourth-order valence-corrected chi connectivity index (χ4v) is 3.90. The smallest absolute Gasteiger partial charge is 0.119 e. The number of benzene rings is 1. The van der Waals surface area contributed by atoms with Crippen LogP contribution >= 0.6 is 0 Å². The summed E-state index contributed by atoms with van der Waals surface area (Å²) in [5.41, 5.74) is 7.62. The fraction of sp³-hybridized carbons (Fsp3) is 0.786. The van der Waals surface area contributed by atoms with Gasteiger partial charge >= 0.3 is 0 Å². The summed E-state index contributed by atoms with van der Waals surface area (Å²) in [6.07, 6.45) is 14.1. The van der Waals surface area contributed by atoms with Gasteiger partial charge in [0.1, 0.15) is 5.75 Å². The molecule has 0 spiro atoms. The minimum atomic E-state index is -1.02. The molecule has 3 atom stereocenters. The number of aryl methyl sites for hydroxylation is 1. The van der Waals surface area contributed by atoms with E-state index in [0.717, 1.165) is 24.0 Å². The van der Waals surface area contributed by atoms with Crippen LogP contribution in [0.5, 0.6) is 5.75 Å². The van der Waals surface area contributed by atoms with E-state index in [-0.39, 0.29) is 6.61 Å². The first kappa shape index (κ1) is 31.9. The lowest BCUT2D eigenvalue weighted by Gasteiger charge is -2.22. The number of aliphatic hydroxyl groups excluding tert-OH is 3. The van der Waals surface area contributed by atoms with Crippen LogP contribution in [0.4, 0.5) is 0 Å². The Morgan fingerprint density at radius 2 is 1.30 bits per heavy atom. The topological polar surface area (TPSA) is 107 Å². The van der Waals surface area contributed by atoms with Crippen molar-refractivity contribution in [3.8, 4) is 5.75 Å². The van der Waals surface area contributed by atoms with E-state index in [0.29, 0.717) is 18.1 Å². The van der Waals surface area contributed by atoms with Crippen LogP contribution in [0, 0.1) is 6.92 Å². The van der Waals surface area contributed by atoms with E-state index < -0.39 is 18.2 Å². The fourth-order valence-electron chi connectivity index (χ4n) is 3.90. The van der Waals surface area contributed by atoms with Gasteiger partial charge in [-0.3, -0.25) is 0 Å². The zero-order chi connectivity index (χ0) is 25.1. The predicted molar refractivity (Wildman–Crippen MR) is 140 cm³/mol. The lowest BCUT2D eigenvalue weighted by molar-refractivity contribution is -0.0121. The third-order valence-corrected chi connectivity index (χ3v) is 6.21. The molecule has 0 aliphatic rings. The standard InChI is InChI=1S/C18H39NO3.C10H14O/c1-2-3-4-5-6-7-8-9-10-11-12-13-14-17(21)18(22)16(19)15-20;1-7(2)9-5-4-8(3)6-10(9)11/h16-18,20-22H,2-15,19H2,1H3;4-7,11H,1-3H3. The molecule has 6 N–H and O–H groups in total. The molecule has 3 unspecified atom stereocenters. The maximum Gasteiger partial charge on any atom is 0.119 e. The number of hydrogen-bond donors (Lipinski definition) is 5. The number of rotatable bonds is 17. The molecule has 0 amide bonds. The van der Waals surface area contributed by atoms with Crippen LogP contribution in [-0.4, -0.2) is 45.3 Å². The molecule has 0 bridgehead atoms. The Hall–Kier alpha value is -1.14. The predicted octanol–water partition coefficient (Wildman–Crippen LogP) is 5.94. The molecular weight excluding hydrogens is 414 g/mol. The number of aliphatic hydroxyl groups is 3. The molecule has 0 fully saturated rings. The van der Waals surface area contributed by atoms with Gasteiger partial charge in [-0.1, -0.05) is 110 Å². The quantitative estimate of drug-likeness (QED) is 0.182. The Morgan fingerprint density at radius 1 is 0.818 bits per heavy atom. The summed E-state index contributed by atoms with van der Waals surface area (Å²) in [5.74, 6) is 0.815. The Kier molecular flexibility index (Phi) is 19.6. The molecule has 0 saturated carbocycles. The molecule has 33 heavy (non-hydrogen) atoms. The molecule has 1 aromatic carbocycles. The summed E-state index contributed by atoms with van der Waals surface area (Å²) in [5, 5.41) is 37.7. The second-order valence-electron chi connectivity index (χ2n) is 9.80. The van der Waals surface area contributed by atoms with Crippen LogP contribution < -0.4 is 5.73 Å². The first-order valence-corrected chi connectivity index (χ1v) is 13.3. The Balaban J connectivity index is 0.000000771. The van der Waals surface area contributed by atoms with Crippen molar-refractivity contribution in [2.24, 2.45) is 5.73 Å². The van der Waals surface area contributed by atoms with E-state index in [1.54, 1.807) is 6.07 Å². The number of aromatic hydroxyl groups is 1. The highest BCUT2D eigenvalue weighted by Gasteiger charge is 2.22. The molecule has 0 aliphatic carbocycles. The van der Waals surface area contributed by atoms with Crippen LogP contribution in [0.15, 0.2) is 18.2 Å². The highest BCUT2D eigenvalue weighted by Crippen LogP contribution is 2.25. The van der Waals surface area contributed by atoms with Crippen molar-refractivity contribution in [3.63, 3.8) is 0 Å². The Labute approximate surface area is 203 Å². The first-order valence-electron chi connectivity index (χ1n) is 13.3. The van der Waals surface area contributed by atoms with E-state index in [1.807, 2.05) is 19.1 Å². The second kappa shape index (κ2) is 20.3. The number of hydrogen-bond acceptors (Lipinski definition) is 5. The van der Waals surface area contributed by atoms with Gasteiger partial charge in [0.2, 0.25) is 0 Å². The van der Waals surface area contributed by atoms with Gasteiger partial charge < -0.3 is 26.2 Å². The van der Waals surface area contributed by atoms with Crippen molar-refractivity contribution in [1.29, 1.82) is 0 Å². The van der Waals surface area contributed by atoms with Crippen LogP contribution in [-0.2, 0) is 0 Å². The Morgan fingerprint density at radius 3 is 1.73 bits per heavy atom. The maximum atomic E-state index is 9.74. The summed E-state index contributed by atoms with van der Waals surface area (Å²) in [4.78, 5) is 0. The first-order chi connectivity index (χ1) is 15.7. The van der Waals surface area contributed by atoms with E-state index >= 15 is 0 Å². The van der Waals surface area contributed by atoms with Crippen LogP contribution in [0.1, 0.15) is 121 Å². The van der Waals surface area contributed by atoms with Gasteiger partial charge in [-0.15, -0.1) is 0 Å². The molecule has 0 saturated heterocycles. The largest absolute Gasteiger partial charge is 0.508 e. The zero-order valence-corrected chi connectivity index (χ0v) is 21.8. The van der Waals surface area contributed by atoms with Gasteiger partial charge in [-0.05, 0) is 36.5 Å². The van der Waals surface area contributed by atoms with Crippen LogP contribution in [0.3, 0.4) is 0 Å². The zero-order valence-electron chi connectivity index (χ0n) is 21.8. The Bertz CT molecular complexity index is 579. The monoisotopic (exact) mass is 467 g/mol. The minimum absolute atomic E-state index is 0.295. The third-order valence-electron chi connectivity index (χ3n) is 6.21. The summed E-state index contributed by atoms with van der Waals surface area (Å²) in [6.45, 7) is 8.08. The molecule has 1 rings (SSSR count). The maximum absolute atomic E-state index is 9.74. The highest BCUT2D eigenvalue weighted by atomic mass is 16.3. The second-order valence-corrected chi connectivity index (χ2v) is 9.80. The van der Waals surface area contributed by atoms with Gasteiger partial charge in [0.15, 0.2) is 0 Å². The number of nitrogens with two attached hydrogens (primary N) is 1. The molecule has 0 aromatic heterocycles. The normalized spacial score (nSPS) is 14.0. The van der Waals surface area contributed by atoms with Gasteiger partial charge in [0, 0.05) is 0 Å². The van der Waals surface area contributed by atoms with Crippen LogP contribution in [0.2, 0.25) is 0 Å². The van der Waals surface area contributed by atoms with E-state index in [1.165, 1.54) is 64.2 Å². The molecule has 0 aliphatic heterocycles. The average molecular weight is 468 g/mol. The molecule has 0 radical (unpaired) electrons. The summed E-state index contributed by atoms with van der Waals surface area (Å²) in [7, 11) is 0. The number of phenolic OH excluding ortho intramolecular Hbond substituents is 1. The van der Waals surface area contributed by atoms with Gasteiger partial charge in [0.25, 0.3) is 0 Å². The lowest BCUT2D eigenvalue weighted by atomic mass is 10.00. The van der Waals surface area contributed by atoms with Crippen molar-refractivity contribution in [3.05, 3.63) is 29.3 Å². The van der Waals surface area contributed by atoms with Crippen molar-refractivity contribution >= 4 is 0 Å². The summed E-state index contributed by atoms with van der Waals surface area (Å²) in [6, 6.07) is 5.06. The molecular formula is C28H53NO4. The third kappa shape index (κ3) is 16.2. The van der Waals surface area contributed by atoms with Crippen molar-refractivity contribution in [2.45, 2.75) is 135 Å². The van der Waals surface area contributed by atoms with Crippen molar-refractivity contribution in [2.75, 3.05) is 6.61 Å². The SMILES string of the molecule is CCCCCCCCCCCCCCC(O)C(O)C(N)CO.Cc1ccc(C(C)C)c(O)c1. The van der Waals surface area contributed by atoms with E-state index in [9.17, 15) is 15.3 Å². The highest BCUT2D eigenvalue weighted by molar-refractivity contribution is 5.37. The van der Waals surface area contributed by atoms with Crippen LogP contribution in [0.25, 0.3) is 0 Å². The lowest BCUT2D eigenvalue weighted by Crippen LogP contribution is -2.45. The van der Waals surface area contributed by atoms with Crippen molar-refractivity contribution < 1.29 is 20.4 Å².